The first-order valence-electron chi connectivity index (χ1n) is 6.87. The molecule has 1 N–H and O–H groups in total. The van der Waals surface area contributed by atoms with Gasteiger partial charge in [-0.05, 0) is 56.4 Å². The maximum Gasteiger partial charge on any atom is 0.120 e. The van der Waals surface area contributed by atoms with Crippen molar-refractivity contribution >= 4 is 0 Å². The highest BCUT2D eigenvalue weighted by Gasteiger charge is 2.09. The molecule has 0 amide bonds. The van der Waals surface area contributed by atoms with Gasteiger partial charge in [-0.25, -0.2) is 0 Å². The summed E-state index contributed by atoms with van der Waals surface area (Å²) in [6, 6.07) is 7.72. The van der Waals surface area contributed by atoms with Gasteiger partial charge in [-0.3, -0.25) is 0 Å². The predicted molar refractivity (Wildman–Crippen MR) is 73.7 cm³/mol. The van der Waals surface area contributed by atoms with Crippen LogP contribution < -0.4 is 4.74 Å². The van der Waals surface area contributed by atoms with Gasteiger partial charge in [0, 0.05) is 0 Å². The maximum atomic E-state index is 9.45. The van der Waals surface area contributed by atoms with Crippen LogP contribution in [0.1, 0.15) is 50.7 Å². The van der Waals surface area contributed by atoms with Gasteiger partial charge in [-0.15, -0.1) is 0 Å². The fourth-order valence-electron chi connectivity index (χ4n) is 2.23. The van der Waals surface area contributed by atoms with Crippen molar-refractivity contribution in [1.82, 2.24) is 0 Å². The molecule has 0 saturated carbocycles. The van der Waals surface area contributed by atoms with E-state index < -0.39 is 6.10 Å². The van der Waals surface area contributed by atoms with Crippen LogP contribution in [0.2, 0.25) is 0 Å². The minimum atomic E-state index is -0.416. The summed E-state index contributed by atoms with van der Waals surface area (Å²) in [4.78, 5) is 0. The molecule has 1 unspecified atom stereocenters. The SMILES string of the molecule is C[C@H](O)c1ccc(OC2/C=C/CCCCC2)cc1. The molecule has 1 aliphatic carbocycles. The molecule has 1 aromatic rings. The zero-order valence-corrected chi connectivity index (χ0v) is 11.0. The van der Waals surface area contributed by atoms with Crippen LogP contribution in [0.25, 0.3) is 0 Å². The molecule has 0 aliphatic heterocycles. The number of hydrogen-bond donors (Lipinski definition) is 1. The molecule has 1 aromatic carbocycles. The molecule has 0 bridgehead atoms. The molecular weight excluding hydrogens is 224 g/mol. The van der Waals surface area contributed by atoms with Crippen LogP contribution in [-0.2, 0) is 0 Å². The van der Waals surface area contributed by atoms with Gasteiger partial charge >= 0.3 is 0 Å². The zero-order chi connectivity index (χ0) is 12.8. The van der Waals surface area contributed by atoms with Crippen molar-refractivity contribution in [2.45, 2.75) is 51.2 Å². The Morgan fingerprint density at radius 2 is 1.94 bits per heavy atom. The highest BCUT2D eigenvalue weighted by Crippen LogP contribution is 2.21. The molecule has 2 heteroatoms. The van der Waals surface area contributed by atoms with E-state index in [-0.39, 0.29) is 6.10 Å². The van der Waals surface area contributed by atoms with E-state index >= 15 is 0 Å². The van der Waals surface area contributed by atoms with Gasteiger partial charge in [0.15, 0.2) is 0 Å². The van der Waals surface area contributed by atoms with Gasteiger partial charge < -0.3 is 9.84 Å². The minimum Gasteiger partial charge on any atom is -0.486 e. The predicted octanol–water partition coefficient (Wildman–Crippen LogP) is 4.01. The van der Waals surface area contributed by atoms with Gasteiger partial charge in [-0.2, -0.15) is 0 Å². The van der Waals surface area contributed by atoms with Crippen molar-refractivity contribution in [2.24, 2.45) is 0 Å². The molecule has 0 heterocycles. The lowest BCUT2D eigenvalue weighted by Crippen LogP contribution is -2.14. The standard InChI is InChI=1S/C16H22O2/c1-13(17)14-9-11-16(12-10-14)18-15-7-5-3-2-4-6-8-15/h5,7,9-13,15,17H,2-4,6,8H2,1H3/b7-5+/t13-,15?/m0/s1. The Morgan fingerprint density at radius 1 is 1.17 bits per heavy atom. The summed E-state index contributed by atoms with van der Waals surface area (Å²) in [5, 5.41) is 9.45. The molecule has 0 saturated heterocycles. The molecule has 0 radical (unpaired) electrons. The fraction of sp³-hybridized carbons (Fsp3) is 0.500. The average Bonchev–Trinajstić information content (AvgIpc) is 2.33. The first-order chi connectivity index (χ1) is 8.75. The Hall–Kier alpha value is -1.28. The van der Waals surface area contributed by atoms with Crippen molar-refractivity contribution in [1.29, 1.82) is 0 Å². The number of aliphatic hydroxyl groups is 1. The molecule has 1 aliphatic rings. The van der Waals surface area contributed by atoms with E-state index in [9.17, 15) is 5.11 Å². The molecule has 2 rings (SSSR count). The summed E-state index contributed by atoms with van der Waals surface area (Å²) >= 11 is 0. The van der Waals surface area contributed by atoms with Crippen LogP contribution in [0.15, 0.2) is 36.4 Å². The largest absolute Gasteiger partial charge is 0.486 e. The van der Waals surface area contributed by atoms with Crippen molar-refractivity contribution in [3.8, 4) is 5.75 Å². The van der Waals surface area contributed by atoms with Gasteiger partial charge in [0.1, 0.15) is 11.9 Å². The lowest BCUT2D eigenvalue weighted by molar-refractivity contribution is 0.198. The quantitative estimate of drug-likeness (QED) is 0.817. The monoisotopic (exact) mass is 246 g/mol. The minimum absolute atomic E-state index is 0.197. The van der Waals surface area contributed by atoms with Gasteiger partial charge in [0.25, 0.3) is 0 Å². The summed E-state index contributed by atoms with van der Waals surface area (Å²) < 4.78 is 5.96. The first-order valence-corrected chi connectivity index (χ1v) is 6.87. The Kier molecular flexibility index (Phi) is 4.82. The Balaban J connectivity index is 1.97. The highest BCUT2D eigenvalue weighted by molar-refractivity contribution is 5.28. The second-order valence-electron chi connectivity index (χ2n) is 4.97. The van der Waals surface area contributed by atoms with Crippen molar-refractivity contribution < 1.29 is 9.84 Å². The van der Waals surface area contributed by atoms with E-state index in [2.05, 4.69) is 12.2 Å². The van der Waals surface area contributed by atoms with Crippen molar-refractivity contribution in [3.63, 3.8) is 0 Å². The number of allylic oxidation sites excluding steroid dienone is 1. The molecule has 0 fully saturated rings. The summed E-state index contributed by atoms with van der Waals surface area (Å²) in [7, 11) is 0. The fourth-order valence-corrected chi connectivity index (χ4v) is 2.23. The lowest BCUT2D eigenvalue weighted by atomic mass is 10.0. The second kappa shape index (κ2) is 6.60. The van der Waals surface area contributed by atoms with Crippen LogP contribution in [0.3, 0.4) is 0 Å². The number of benzene rings is 1. The third-order valence-corrected chi connectivity index (χ3v) is 3.36. The number of ether oxygens (including phenoxy) is 1. The highest BCUT2D eigenvalue weighted by atomic mass is 16.5. The average molecular weight is 246 g/mol. The number of rotatable bonds is 3. The number of hydrogen-bond acceptors (Lipinski definition) is 2. The van der Waals surface area contributed by atoms with Crippen molar-refractivity contribution in [3.05, 3.63) is 42.0 Å². The van der Waals surface area contributed by atoms with E-state index in [1.165, 1.54) is 25.7 Å². The summed E-state index contributed by atoms with van der Waals surface area (Å²) in [5.74, 6) is 0.884. The molecule has 18 heavy (non-hydrogen) atoms. The Bertz CT molecular complexity index is 379. The van der Waals surface area contributed by atoms with E-state index in [1.54, 1.807) is 6.92 Å². The topological polar surface area (TPSA) is 29.5 Å². The van der Waals surface area contributed by atoms with Gasteiger partial charge in [0.2, 0.25) is 0 Å². The molecular formula is C16H22O2. The smallest absolute Gasteiger partial charge is 0.120 e. The maximum absolute atomic E-state index is 9.45. The summed E-state index contributed by atoms with van der Waals surface area (Å²) in [6.45, 7) is 1.77. The molecule has 2 atom stereocenters. The molecule has 2 nitrogen and oxygen atoms in total. The third kappa shape index (κ3) is 3.88. The number of aliphatic hydroxyl groups excluding tert-OH is 1. The molecule has 98 valence electrons. The third-order valence-electron chi connectivity index (χ3n) is 3.36. The van der Waals surface area contributed by atoms with Crippen LogP contribution in [0.5, 0.6) is 5.75 Å². The van der Waals surface area contributed by atoms with E-state index in [4.69, 9.17) is 4.74 Å². The Labute approximate surface area is 109 Å². The van der Waals surface area contributed by atoms with Crippen LogP contribution in [0.4, 0.5) is 0 Å². The van der Waals surface area contributed by atoms with Gasteiger partial charge in [0.05, 0.1) is 6.10 Å². The second-order valence-corrected chi connectivity index (χ2v) is 4.97. The molecule has 0 aromatic heterocycles. The Morgan fingerprint density at radius 3 is 2.67 bits per heavy atom. The van der Waals surface area contributed by atoms with Crippen LogP contribution >= 0.6 is 0 Å². The van der Waals surface area contributed by atoms with Crippen LogP contribution in [0, 0.1) is 0 Å². The zero-order valence-electron chi connectivity index (χ0n) is 11.0. The van der Waals surface area contributed by atoms with E-state index in [0.717, 1.165) is 17.7 Å². The van der Waals surface area contributed by atoms with E-state index in [0.29, 0.717) is 0 Å². The van der Waals surface area contributed by atoms with Gasteiger partial charge in [-0.1, -0.05) is 24.6 Å². The lowest BCUT2D eigenvalue weighted by Gasteiger charge is -2.18. The van der Waals surface area contributed by atoms with Crippen LogP contribution in [-0.4, -0.2) is 11.2 Å². The van der Waals surface area contributed by atoms with E-state index in [1.807, 2.05) is 24.3 Å². The molecule has 0 spiro atoms. The normalized spacial score (nSPS) is 23.8. The van der Waals surface area contributed by atoms with Crippen molar-refractivity contribution in [2.75, 3.05) is 0 Å². The summed E-state index contributed by atoms with van der Waals surface area (Å²) in [5.41, 5.74) is 0.926. The first kappa shape index (κ1) is 13.2. The summed E-state index contributed by atoms with van der Waals surface area (Å²) in [6.07, 6.45) is 10.3.